The van der Waals surface area contributed by atoms with Gasteiger partial charge in [-0.05, 0) is 39.3 Å². The lowest BCUT2D eigenvalue weighted by atomic mass is 9.94. The number of rotatable bonds is 3. The minimum absolute atomic E-state index is 0.0518. The molecule has 0 aromatic carbocycles. The van der Waals surface area contributed by atoms with E-state index >= 15 is 0 Å². The minimum atomic E-state index is -0.206. The Bertz CT molecular complexity index is 790. The van der Waals surface area contributed by atoms with Gasteiger partial charge < -0.3 is 20.4 Å². The largest absolute Gasteiger partial charge is 0.369 e. The SMILES string of the molecule is CC(=O)N1CCc2nc(C3CCCN(C)C3)nc(N3CCC(C(N)=O)CC3)c2C1. The lowest BCUT2D eigenvalue weighted by molar-refractivity contribution is -0.129. The second-order valence-electron chi connectivity index (χ2n) is 8.79. The van der Waals surface area contributed by atoms with E-state index in [9.17, 15) is 9.59 Å². The summed E-state index contributed by atoms with van der Waals surface area (Å²) < 4.78 is 0. The number of likely N-dealkylation sites (tertiary alicyclic amines) is 1. The smallest absolute Gasteiger partial charge is 0.220 e. The molecular weight excluding hydrogens is 368 g/mol. The molecule has 0 saturated carbocycles. The normalized spacial score (nSPS) is 23.7. The van der Waals surface area contributed by atoms with Crippen LogP contribution in [0.1, 0.15) is 55.6 Å². The first-order valence-corrected chi connectivity index (χ1v) is 10.8. The number of hydrogen-bond donors (Lipinski definition) is 1. The number of nitrogens with two attached hydrogens (primary N) is 1. The molecule has 8 nitrogen and oxygen atoms in total. The van der Waals surface area contributed by atoms with Crippen molar-refractivity contribution in [1.29, 1.82) is 0 Å². The van der Waals surface area contributed by atoms with Gasteiger partial charge in [0.2, 0.25) is 11.8 Å². The number of fused-ring (bicyclic) bond motifs is 1. The molecule has 0 radical (unpaired) electrons. The molecule has 3 aliphatic rings. The fourth-order valence-electron chi connectivity index (χ4n) is 4.88. The number of anilines is 1. The molecule has 1 unspecified atom stereocenters. The van der Waals surface area contributed by atoms with E-state index in [1.54, 1.807) is 6.92 Å². The molecule has 2 saturated heterocycles. The molecule has 4 heterocycles. The van der Waals surface area contributed by atoms with Crippen molar-refractivity contribution in [3.05, 3.63) is 17.1 Å². The van der Waals surface area contributed by atoms with Crippen LogP contribution in [0.25, 0.3) is 0 Å². The van der Waals surface area contributed by atoms with E-state index in [2.05, 4.69) is 16.8 Å². The van der Waals surface area contributed by atoms with E-state index in [-0.39, 0.29) is 17.7 Å². The van der Waals surface area contributed by atoms with Gasteiger partial charge in [0.1, 0.15) is 11.6 Å². The van der Waals surface area contributed by atoms with Gasteiger partial charge in [-0.25, -0.2) is 9.97 Å². The summed E-state index contributed by atoms with van der Waals surface area (Å²) in [5.41, 5.74) is 7.69. The zero-order valence-corrected chi connectivity index (χ0v) is 17.6. The highest BCUT2D eigenvalue weighted by Gasteiger charge is 2.31. The van der Waals surface area contributed by atoms with Crippen molar-refractivity contribution in [2.75, 3.05) is 44.7 Å². The first-order valence-electron chi connectivity index (χ1n) is 10.8. The van der Waals surface area contributed by atoms with Crippen molar-refractivity contribution in [3.63, 3.8) is 0 Å². The van der Waals surface area contributed by atoms with Gasteiger partial charge in [-0.3, -0.25) is 9.59 Å². The first kappa shape index (κ1) is 20.1. The zero-order valence-electron chi connectivity index (χ0n) is 17.6. The van der Waals surface area contributed by atoms with Crippen LogP contribution in [-0.4, -0.2) is 71.4 Å². The number of amides is 2. The molecule has 8 heteroatoms. The molecule has 1 aromatic heterocycles. The third kappa shape index (κ3) is 4.22. The van der Waals surface area contributed by atoms with Gasteiger partial charge >= 0.3 is 0 Å². The molecule has 0 bridgehead atoms. The predicted molar refractivity (Wildman–Crippen MR) is 110 cm³/mol. The summed E-state index contributed by atoms with van der Waals surface area (Å²) in [7, 11) is 2.16. The van der Waals surface area contributed by atoms with E-state index in [1.165, 1.54) is 6.42 Å². The van der Waals surface area contributed by atoms with Gasteiger partial charge in [-0.15, -0.1) is 0 Å². The van der Waals surface area contributed by atoms with Crippen LogP contribution < -0.4 is 10.6 Å². The fraction of sp³-hybridized carbons (Fsp3) is 0.714. The summed E-state index contributed by atoms with van der Waals surface area (Å²) in [6, 6.07) is 0. The number of hydrogen-bond acceptors (Lipinski definition) is 6. The summed E-state index contributed by atoms with van der Waals surface area (Å²) in [5, 5.41) is 0. The quantitative estimate of drug-likeness (QED) is 0.810. The number of carbonyl (C=O) groups excluding carboxylic acids is 2. The van der Waals surface area contributed by atoms with Gasteiger partial charge in [0.25, 0.3) is 0 Å². The van der Waals surface area contributed by atoms with Gasteiger partial charge in [0.05, 0.1) is 12.2 Å². The molecule has 2 N–H and O–H groups in total. The number of aromatic nitrogens is 2. The molecule has 2 fully saturated rings. The Kier molecular flexibility index (Phi) is 5.72. The molecule has 4 rings (SSSR count). The van der Waals surface area contributed by atoms with Crippen LogP contribution in [0.3, 0.4) is 0 Å². The number of likely N-dealkylation sites (N-methyl/N-ethyl adjacent to an activating group) is 1. The molecule has 0 aliphatic carbocycles. The predicted octanol–water partition coefficient (Wildman–Crippen LogP) is 0.892. The van der Waals surface area contributed by atoms with Crippen molar-refractivity contribution in [2.45, 2.75) is 51.5 Å². The van der Waals surface area contributed by atoms with E-state index < -0.39 is 0 Å². The topological polar surface area (TPSA) is 95.7 Å². The number of piperidine rings is 2. The van der Waals surface area contributed by atoms with E-state index in [0.717, 1.165) is 74.8 Å². The molecule has 29 heavy (non-hydrogen) atoms. The van der Waals surface area contributed by atoms with Crippen LogP contribution in [0.4, 0.5) is 5.82 Å². The summed E-state index contributed by atoms with van der Waals surface area (Å²) in [4.78, 5) is 40.1. The maximum Gasteiger partial charge on any atom is 0.220 e. The Morgan fingerprint density at radius 1 is 1.07 bits per heavy atom. The maximum absolute atomic E-state index is 12.0. The van der Waals surface area contributed by atoms with Crippen molar-refractivity contribution < 1.29 is 9.59 Å². The summed E-state index contributed by atoms with van der Waals surface area (Å²) in [5.74, 6) is 2.09. The molecular formula is C21H32N6O2. The first-order chi connectivity index (χ1) is 13.9. The summed E-state index contributed by atoms with van der Waals surface area (Å²) in [6.07, 6.45) is 4.57. The average Bonchev–Trinajstić information content (AvgIpc) is 2.72. The second-order valence-corrected chi connectivity index (χ2v) is 8.79. The van der Waals surface area contributed by atoms with Gasteiger partial charge in [-0.2, -0.15) is 0 Å². The van der Waals surface area contributed by atoms with Crippen LogP contribution in [0.2, 0.25) is 0 Å². The van der Waals surface area contributed by atoms with Crippen LogP contribution in [-0.2, 0) is 22.6 Å². The molecule has 2 amide bonds. The van der Waals surface area contributed by atoms with E-state index in [1.807, 2.05) is 4.90 Å². The maximum atomic E-state index is 12.0. The van der Waals surface area contributed by atoms with Crippen molar-refractivity contribution in [1.82, 2.24) is 19.8 Å². The Morgan fingerprint density at radius 2 is 1.83 bits per heavy atom. The molecule has 0 spiro atoms. The van der Waals surface area contributed by atoms with Crippen molar-refractivity contribution in [3.8, 4) is 0 Å². The highest BCUT2D eigenvalue weighted by atomic mass is 16.2. The Hall–Kier alpha value is -2.22. The monoisotopic (exact) mass is 400 g/mol. The van der Waals surface area contributed by atoms with Gasteiger partial charge in [-0.1, -0.05) is 0 Å². The Morgan fingerprint density at radius 3 is 2.48 bits per heavy atom. The lowest BCUT2D eigenvalue weighted by Crippen LogP contribution is -2.42. The van der Waals surface area contributed by atoms with Gasteiger partial charge in [0.15, 0.2) is 0 Å². The van der Waals surface area contributed by atoms with Crippen molar-refractivity contribution >= 4 is 17.6 Å². The van der Waals surface area contributed by atoms with Crippen molar-refractivity contribution in [2.24, 2.45) is 11.7 Å². The standard InChI is InChI=1S/C21H32N6O2/c1-14(28)27-11-7-18-17(13-27)21(26-9-5-15(6-10-26)19(22)29)24-20(23-18)16-4-3-8-25(2)12-16/h15-16H,3-13H2,1-2H3,(H2,22,29). The molecule has 3 aliphatic heterocycles. The van der Waals surface area contributed by atoms with Crippen LogP contribution in [0, 0.1) is 5.92 Å². The molecule has 1 atom stereocenters. The van der Waals surface area contributed by atoms with Crippen LogP contribution >= 0.6 is 0 Å². The number of primary amides is 1. The highest BCUT2D eigenvalue weighted by molar-refractivity contribution is 5.77. The fourth-order valence-corrected chi connectivity index (χ4v) is 4.88. The number of nitrogens with zero attached hydrogens (tertiary/aromatic N) is 5. The lowest BCUT2D eigenvalue weighted by Gasteiger charge is -2.37. The zero-order chi connectivity index (χ0) is 20.5. The van der Waals surface area contributed by atoms with E-state index in [4.69, 9.17) is 15.7 Å². The van der Waals surface area contributed by atoms with Gasteiger partial charge in [0, 0.05) is 56.9 Å². The van der Waals surface area contributed by atoms with E-state index in [0.29, 0.717) is 19.0 Å². The number of carbonyl (C=O) groups is 2. The minimum Gasteiger partial charge on any atom is -0.369 e. The third-order valence-electron chi connectivity index (χ3n) is 6.69. The molecule has 158 valence electrons. The second kappa shape index (κ2) is 8.26. The van der Waals surface area contributed by atoms with Crippen LogP contribution in [0.5, 0.6) is 0 Å². The average molecular weight is 401 g/mol. The summed E-state index contributed by atoms with van der Waals surface area (Å²) >= 11 is 0. The van der Waals surface area contributed by atoms with Crippen LogP contribution in [0.15, 0.2) is 0 Å². The Labute approximate surface area is 172 Å². The third-order valence-corrected chi connectivity index (χ3v) is 6.69. The summed E-state index contributed by atoms with van der Waals surface area (Å²) in [6.45, 7) is 6.55. The Balaban J connectivity index is 1.66. The highest BCUT2D eigenvalue weighted by Crippen LogP contribution is 2.33. The molecule has 1 aromatic rings.